The molecule has 0 amide bonds. The predicted molar refractivity (Wildman–Crippen MR) is 53.6 cm³/mol. The smallest absolute Gasteiger partial charge is 0.314 e. The highest BCUT2D eigenvalue weighted by molar-refractivity contribution is 7.36. The topological polar surface area (TPSA) is 18.5 Å². The van der Waals surface area contributed by atoms with Crippen LogP contribution >= 0.6 is 0 Å². The van der Waals surface area contributed by atoms with Crippen molar-refractivity contribution in [3.05, 3.63) is 0 Å². The zero-order valence-electron chi connectivity index (χ0n) is 8.52. The second kappa shape index (κ2) is 3.84. The lowest BCUT2D eigenvalue weighted by Gasteiger charge is -2.36. The summed E-state index contributed by atoms with van der Waals surface area (Å²) in [5.74, 6) is 0. The molecule has 0 aromatic carbocycles. The Morgan fingerprint density at radius 2 is 1.36 bits per heavy atom. The molecule has 0 spiro atoms. The Labute approximate surface area is 72.0 Å². The highest BCUT2D eigenvalue weighted by Crippen LogP contribution is 2.23. The Bertz CT molecular complexity index is 108. The van der Waals surface area contributed by atoms with Crippen molar-refractivity contribution in [3.63, 3.8) is 0 Å². The maximum Gasteiger partial charge on any atom is 0.314 e. The van der Waals surface area contributed by atoms with Gasteiger partial charge in [-0.3, -0.25) is 0 Å². The highest BCUT2D eigenvalue weighted by Gasteiger charge is 2.47. The molecule has 0 heterocycles. The Morgan fingerprint density at radius 3 is 1.36 bits per heavy atom. The van der Waals surface area contributed by atoms with Crippen molar-refractivity contribution >= 4 is 15.7 Å². The zero-order valence-corrected chi connectivity index (χ0v) is 10.5. The molecule has 0 unspecified atom stereocenters. The normalized spacial score (nSPS) is 13.6. The molecule has 0 bridgehead atoms. The van der Waals surface area contributed by atoms with Crippen LogP contribution in [0.5, 0.6) is 0 Å². The van der Waals surface area contributed by atoms with Gasteiger partial charge in [-0.15, -0.1) is 0 Å². The van der Waals surface area contributed by atoms with Crippen molar-refractivity contribution in [2.24, 2.45) is 0 Å². The van der Waals surface area contributed by atoms with Crippen LogP contribution in [0.25, 0.3) is 0 Å². The molecule has 0 aliphatic carbocycles. The van der Waals surface area contributed by atoms with Gasteiger partial charge in [0.15, 0.2) is 0 Å². The maximum absolute atomic E-state index is 5.58. The molecule has 2 nitrogen and oxygen atoms in total. The minimum atomic E-state index is -1.78. The van der Waals surface area contributed by atoms with E-state index >= 15 is 0 Å². The molecular formula is C7H20O2Si2. The molecule has 0 rings (SSSR count). The summed E-state index contributed by atoms with van der Waals surface area (Å²) in [6.07, 6.45) is 0. The van der Waals surface area contributed by atoms with Crippen LogP contribution < -0.4 is 0 Å². The molecule has 0 aliphatic rings. The van der Waals surface area contributed by atoms with Crippen LogP contribution in [0, 0.1) is 0 Å². The average molecular weight is 192 g/mol. The van der Waals surface area contributed by atoms with Crippen molar-refractivity contribution in [1.82, 2.24) is 0 Å². The third-order valence-corrected chi connectivity index (χ3v) is 15.9. The summed E-state index contributed by atoms with van der Waals surface area (Å²) in [6.45, 7) is 9.11. The van der Waals surface area contributed by atoms with E-state index in [-0.39, 0.29) is 0 Å². The fourth-order valence-corrected chi connectivity index (χ4v) is 11.4. The Balaban J connectivity index is 4.54. The van der Waals surface area contributed by atoms with Crippen molar-refractivity contribution < 1.29 is 8.85 Å². The lowest BCUT2D eigenvalue weighted by Crippen LogP contribution is -2.60. The van der Waals surface area contributed by atoms with E-state index in [0.29, 0.717) is 0 Å². The SMILES string of the molecule is CC[Si](OC)(OC)[Si](C)(C)C. The molecule has 68 valence electrons. The third kappa shape index (κ3) is 2.14. The second-order valence-corrected chi connectivity index (χ2v) is 18.1. The lowest BCUT2D eigenvalue weighted by atomic mass is 11.0. The number of hydrogen-bond donors (Lipinski definition) is 0. The first-order valence-corrected chi connectivity index (χ1v) is 10.6. The van der Waals surface area contributed by atoms with E-state index in [4.69, 9.17) is 8.85 Å². The molecule has 0 fully saturated rings. The second-order valence-electron chi connectivity index (χ2n) is 3.76. The van der Waals surface area contributed by atoms with E-state index in [2.05, 4.69) is 26.6 Å². The summed E-state index contributed by atoms with van der Waals surface area (Å²) in [5, 5.41) is 0. The van der Waals surface area contributed by atoms with Gasteiger partial charge in [0, 0.05) is 14.2 Å². The molecule has 0 aromatic heterocycles. The standard InChI is InChI=1S/C7H20O2Si2/c1-7-11(8-2,9-3)10(4,5)6/h7H2,1-6H3. The van der Waals surface area contributed by atoms with Crippen LogP contribution in [-0.2, 0) is 8.85 Å². The highest BCUT2D eigenvalue weighted by atomic mass is 29.3. The minimum absolute atomic E-state index is 1.07. The zero-order chi connectivity index (χ0) is 9.12. The minimum Gasteiger partial charge on any atom is -0.400 e. The van der Waals surface area contributed by atoms with Crippen molar-refractivity contribution in [2.75, 3.05) is 14.2 Å². The molecule has 0 saturated heterocycles. The largest absolute Gasteiger partial charge is 0.400 e. The molecule has 0 radical (unpaired) electrons. The van der Waals surface area contributed by atoms with E-state index < -0.39 is 15.7 Å². The van der Waals surface area contributed by atoms with Gasteiger partial charge in [-0.25, -0.2) is 0 Å². The molecular weight excluding hydrogens is 172 g/mol. The van der Waals surface area contributed by atoms with E-state index in [9.17, 15) is 0 Å². The molecule has 0 aromatic rings. The summed E-state index contributed by atoms with van der Waals surface area (Å²) < 4.78 is 11.2. The molecule has 0 aliphatic heterocycles. The van der Waals surface area contributed by atoms with Gasteiger partial charge in [0.05, 0.1) is 0 Å². The number of hydrogen-bond acceptors (Lipinski definition) is 2. The monoisotopic (exact) mass is 192 g/mol. The fraction of sp³-hybridized carbons (Fsp3) is 1.00. The van der Waals surface area contributed by atoms with Gasteiger partial charge >= 0.3 is 8.08 Å². The van der Waals surface area contributed by atoms with Crippen LogP contribution in [0.4, 0.5) is 0 Å². The molecule has 0 atom stereocenters. The van der Waals surface area contributed by atoms with Gasteiger partial charge in [0.25, 0.3) is 0 Å². The lowest BCUT2D eigenvalue weighted by molar-refractivity contribution is 0.263. The summed E-state index contributed by atoms with van der Waals surface area (Å²) in [6, 6.07) is 1.07. The predicted octanol–water partition coefficient (Wildman–Crippen LogP) is 2.16. The fourth-order valence-electron chi connectivity index (χ4n) is 1.51. The summed E-state index contributed by atoms with van der Waals surface area (Å²) in [7, 11) is 0.556. The Kier molecular flexibility index (Phi) is 3.97. The average Bonchev–Trinajstić information content (AvgIpc) is 1.90. The van der Waals surface area contributed by atoms with Gasteiger partial charge in [-0.2, -0.15) is 0 Å². The first-order valence-electron chi connectivity index (χ1n) is 4.04. The van der Waals surface area contributed by atoms with E-state index in [0.717, 1.165) is 6.04 Å². The molecule has 4 heteroatoms. The quantitative estimate of drug-likeness (QED) is 0.636. The van der Waals surface area contributed by atoms with Crippen LogP contribution in [-0.4, -0.2) is 29.9 Å². The van der Waals surface area contributed by atoms with E-state index in [1.807, 2.05) is 0 Å². The van der Waals surface area contributed by atoms with Crippen LogP contribution in [0.1, 0.15) is 6.92 Å². The summed E-state index contributed by atoms with van der Waals surface area (Å²) in [4.78, 5) is 0. The Hall–Kier alpha value is 0.354. The maximum atomic E-state index is 5.58. The van der Waals surface area contributed by atoms with E-state index in [1.165, 1.54) is 0 Å². The van der Waals surface area contributed by atoms with Gasteiger partial charge < -0.3 is 8.85 Å². The van der Waals surface area contributed by atoms with Gasteiger partial charge in [0.1, 0.15) is 7.59 Å². The molecule has 11 heavy (non-hydrogen) atoms. The van der Waals surface area contributed by atoms with Crippen LogP contribution in [0.2, 0.25) is 25.7 Å². The van der Waals surface area contributed by atoms with Crippen molar-refractivity contribution in [3.8, 4) is 0 Å². The van der Waals surface area contributed by atoms with Gasteiger partial charge in [-0.1, -0.05) is 26.6 Å². The molecule has 0 N–H and O–H groups in total. The summed E-state index contributed by atoms with van der Waals surface area (Å²) in [5.41, 5.74) is 0. The van der Waals surface area contributed by atoms with Gasteiger partial charge in [-0.05, 0) is 6.04 Å². The van der Waals surface area contributed by atoms with Crippen LogP contribution in [0.3, 0.4) is 0 Å². The van der Waals surface area contributed by atoms with Crippen molar-refractivity contribution in [2.45, 2.75) is 32.6 Å². The first kappa shape index (κ1) is 11.4. The van der Waals surface area contributed by atoms with E-state index in [1.54, 1.807) is 14.2 Å². The third-order valence-electron chi connectivity index (χ3n) is 2.27. The molecule has 0 saturated carbocycles. The van der Waals surface area contributed by atoms with Crippen LogP contribution in [0.15, 0.2) is 0 Å². The number of rotatable bonds is 4. The Morgan fingerprint density at radius 1 is 1.00 bits per heavy atom. The summed E-state index contributed by atoms with van der Waals surface area (Å²) >= 11 is 0. The first-order chi connectivity index (χ1) is 4.93. The van der Waals surface area contributed by atoms with Gasteiger partial charge in [0.2, 0.25) is 0 Å². The van der Waals surface area contributed by atoms with Crippen molar-refractivity contribution in [1.29, 1.82) is 0 Å².